The van der Waals surface area contributed by atoms with Crippen LogP contribution in [0.3, 0.4) is 0 Å². The maximum atomic E-state index is 2.44. The van der Waals surface area contributed by atoms with Crippen LogP contribution in [-0.4, -0.2) is 0 Å². The summed E-state index contributed by atoms with van der Waals surface area (Å²) in [5, 5.41) is 0. The Labute approximate surface area is 115 Å². The van der Waals surface area contributed by atoms with Crippen LogP contribution in [0.5, 0.6) is 0 Å². The van der Waals surface area contributed by atoms with Crippen LogP contribution < -0.4 is 0 Å². The predicted octanol–water partition coefficient (Wildman–Crippen LogP) is 6.06. The standard InChI is InChI=1S/C18H34/c1-14-5-7-15(8-6-14)13-16-9-11-17(12-10-16)18(2,3)4/h14-17H,5-13H2,1-4H3. The molecule has 0 spiro atoms. The van der Waals surface area contributed by atoms with Crippen molar-refractivity contribution in [1.29, 1.82) is 0 Å². The maximum absolute atomic E-state index is 2.44. The first kappa shape index (κ1) is 14.4. The SMILES string of the molecule is CC1CCC(CC2CCC(C(C)(C)C)CC2)CC1. The van der Waals surface area contributed by atoms with Gasteiger partial charge >= 0.3 is 0 Å². The molecule has 0 unspecified atom stereocenters. The molecule has 0 saturated heterocycles. The van der Waals surface area contributed by atoms with E-state index in [0.29, 0.717) is 5.41 Å². The highest BCUT2D eigenvalue weighted by Crippen LogP contribution is 2.43. The Hall–Kier alpha value is 0. The van der Waals surface area contributed by atoms with Crippen LogP contribution in [0.15, 0.2) is 0 Å². The second-order valence-electron chi connectivity index (χ2n) is 8.45. The van der Waals surface area contributed by atoms with Crippen molar-refractivity contribution in [3.05, 3.63) is 0 Å². The van der Waals surface area contributed by atoms with Crippen molar-refractivity contribution in [1.82, 2.24) is 0 Å². The Morgan fingerprint density at radius 2 is 1.17 bits per heavy atom. The van der Waals surface area contributed by atoms with Crippen LogP contribution in [-0.2, 0) is 0 Å². The lowest BCUT2D eigenvalue weighted by Gasteiger charge is -2.38. The van der Waals surface area contributed by atoms with Gasteiger partial charge in [-0.15, -0.1) is 0 Å². The smallest absolute Gasteiger partial charge is 0.0354 e. The lowest BCUT2D eigenvalue weighted by molar-refractivity contribution is 0.130. The van der Waals surface area contributed by atoms with E-state index in [1.54, 1.807) is 6.42 Å². The third kappa shape index (κ3) is 4.00. The summed E-state index contributed by atoms with van der Waals surface area (Å²) in [6.07, 6.45) is 13.7. The number of hydrogen-bond acceptors (Lipinski definition) is 0. The van der Waals surface area contributed by atoms with Crippen molar-refractivity contribution >= 4 is 0 Å². The molecule has 2 rings (SSSR count). The van der Waals surface area contributed by atoms with Gasteiger partial charge in [0.15, 0.2) is 0 Å². The van der Waals surface area contributed by atoms with Gasteiger partial charge in [0.05, 0.1) is 0 Å². The summed E-state index contributed by atoms with van der Waals surface area (Å²) in [5.41, 5.74) is 0.547. The molecule has 2 aliphatic carbocycles. The lowest BCUT2D eigenvalue weighted by Crippen LogP contribution is -2.27. The van der Waals surface area contributed by atoms with Gasteiger partial charge in [0.1, 0.15) is 0 Å². The molecule has 0 N–H and O–H groups in total. The monoisotopic (exact) mass is 250 g/mol. The summed E-state index contributed by atoms with van der Waals surface area (Å²) >= 11 is 0. The van der Waals surface area contributed by atoms with Crippen LogP contribution in [0.2, 0.25) is 0 Å². The largest absolute Gasteiger partial charge is 0.0625 e. The summed E-state index contributed by atoms with van der Waals surface area (Å²) in [7, 11) is 0. The molecular weight excluding hydrogens is 216 g/mol. The van der Waals surface area contributed by atoms with Crippen LogP contribution in [0.4, 0.5) is 0 Å². The fourth-order valence-electron chi connectivity index (χ4n) is 4.30. The molecule has 0 bridgehead atoms. The predicted molar refractivity (Wildman–Crippen MR) is 80.6 cm³/mol. The van der Waals surface area contributed by atoms with Gasteiger partial charge < -0.3 is 0 Å². The Morgan fingerprint density at radius 1 is 0.722 bits per heavy atom. The Balaban J connectivity index is 1.70. The van der Waals surface area contributed by atoms with Gasteiger partial charge in [-0.05, 0) is 48.3 Å². The highest BCUT2D eigenvalue weighted by molar-refractivity contribution is 4.82. The van der Waals surface area contributed by atoms with Crippen molar-refractivity contribution in [3.8, 4) is 0 Å². The first-order chi connectivity index (χ1) is 8.45. The van der Waals surface area contributed by atoms with Crippen LogP contribution in [0, 0.1) is 29.1 Å². The molecule has 2 fully saturated rings. The zero-order valence-electron chi connectivity index (χ0n) is 13.2. The van der Waals surface area contributed by atoms with Gasteiger partial charge in [-0.25, -0.2) is 0 Å². The Morgan fingerprint density at radius 3 is 1.61 bits per heavy atom. The molecule has 0 radical (unpaired) electrons. The van der Waals surface area contributed by atoms with Crippen molar-refractivity contribution in [2.24, 2.45) is 29.1 Å². The topological polar surface area (TPSA) is 0 Å². The average Bonchev–Trinajstić information content (AvgIpc) is 2.32. The third-order valence-corrected chi connectivity index (χ3v) is 5.87. The fraction of sp³-hybridized carbons (Fsp3) is 1.00. The molecule has 0 heteroatoms. The van der Waals surface area contributed by atoms with E-state index in [1.807, 2.05) is 0 Å². The molecule has 0 atom stereocenters. The van der Waals surface area contributed by atoms with Crippen molar-refractivity contribution < 1.29 is 0 Å². The number of hydrogen-bond donors (Lipinski definition) is 0. The lowest BCUT2D eigenvalue weighted by atomic mass is 9.67. The zero-order chi connectivity index (χ0) is 13.2. The van der Waals surface area contributed by atoms with E-state index < -0.39 is 0 Å². The molecule has 0 amide bonds. The van der Waals surface area contributed by atoms with E-state index in [1.165, 1.54) is 51.4 Å². The molecule has 0 heterocycles. The van der Waals surface area contributed by atoms with Gasteiger partial charge in [-0.1, -0.05) is 66.2 Å². The summed E-state index contributed by atoms with van der Waals surface area (Å²) in [6.45, 7) is 9.73. The quantitative estimate of drug-likeness (QED) is 0.559. The zero-order valence-corrected chi connectivity index (χ0v) is 13.2. The van der Waals surface area contributed by atoms with Crippen LogP contribution in [0.1, 0.15) is 85.5 Å². The van der Waals surface area contributed by atoms with Crippen molar-refractivity contribution in [2.45, 2.75) is 85.5 Å². The molecule has 2 saturated carbocycles. The summed E-state index contributed by atoms with van der Waals surface area (Å²) in [4.78, 5) is 0. The van der Waals surface area contributed by atoms with E-state index in [-0.39, 0.29) is 0 Å². The summed E-state index contributed by atoms with van der Waals surface area (Å²) < 4.78 is 0. The highest BCUT2D eigenvalue weighted by atomic mass is 14.4. The third-order valence-electron chi connectivity index (χ3n) is 5.87. The van der Waals surface area contributed by atoms with E-state index in [9.17, 15) is 0 Å². The summed E-state index contributed by atoms with van der Waals surface area (Å²) in [6, 6.07) is 0. The van der Waals surface area contributed by atoms with Gasteiger partial charge in [-0.3, -0.25) is 0 Å². The second-order valence-corrected chi connectivity index (χ2v) is 8.45. The van der Waals surface area contributed by atoms with Gasteiger partial charge in [0.2, 0.25) is 0 Å². The Kier molecular flexibility index (Phi) is 4.78. The molecule has 18 heavy (non-hydrogen) atoms. The first-order valence-electron chi connectivity index (χ1n) is 8.45. The van der Waals surface area contributed by atoms with E-state index in [2.05, 4.69) is 27.7 Å². The molecule has 0 aliphatic heterocycles. The average molecular weight is 250 g/mol. The van der Waals surface area contributed by atoms with Crippen molar-refractivity contribution in [2.75, 3.05) is 0 Å². The first-order valence-corrected chi connectivity index (χ1v) is 8.45. The molecule has 2 aliphatic rings. The molecule has 0 aromatic rings. The van der Waals surface area contributed by atoms with Gasteiger partial charge in [0.25, 0.3) is 0 Å². The van der Waals surface area contributed by atoms with Gasteiger partial charge in [0, 0.05) is 0 Å². The molecular formula is C18H34. The highest BCUT2D eigenvalue weighted by Gasteiger charge is 2.31. The number of rotatable bonds is 2. The van der Waals surface area contributed by atoms with E-state index in [0.717, 1.165) is 23.7 Å². The van der Waals surface area contributed by atoms with Crippen LogP contribution in [0.25, 0.3) is 0 Å². The fourth-order valence-corrected chi connectivity index (χ4v) is 4.30. The Bertz CT molecular complexity index is 231. The molecule has 0 aromatic heterocycles. The molecule has 0 aromatic carbocycles. The minimum atomic E-state index is 0.547. The van der Waals surface area contributed by atoms with E-state index >= 15 is 0 Å². The normalized spacial score (nSPS) is 38.7. The van der Waals surface area contributed by atoms with Crippen LogP contribution >= 0.6 is 0 Å². The second kappa shape index (κ2) is 5.97. The van der Waals surface area contributed by atoms with Gasteiger partial charge in [-0.2, -0.15) is 0 Å². The van der Waals surface area contributed by atoms with Crippen molar-refractivity contribution in [3.63, 3.8) is 0 Å². The van der Waals surface area contributed by atoms with E-state index in [4.69, 9.17) is 0 Å². The molecule has 106 valence electrons. The minimum Gasteiger partial charge on any atom is -0.0625 e. The summed E-state index contributed by atoms with van der Waals surface area (Å²) in [5.74, 6) is 4.15. The maximum Gasteiger partial charge on any atom is -0.0354 e. The minimum absolute atomic E-state index is 0.547. The molecule has 0 nitrogen and oxygen atoms in total.